The number of nitrogens with zero attached hydrogens (tertiary/aromatic N) is 2. The first-order valence-electron chi connectivity index (χ1n) is 5.27. The summed E-state index contributed by atoms with van der Waals surface area (Å²) in [4.78, 5) is 4.15. The molecule has 0 saturated heterocycles. The zero-order valence-corrected chi connectivity index (χ0v) is 9.55. The third-order valence-corrected chi connectivity index (χ3v) is 2.23. The Balaban J connectivity index is 1.94. The van der Waals surface area contributed by atoms with Crippen molar-refractivity contribution in [3.63, 3.8) is 0 Å². The fourth-order valence-electron chi connectivity index (χ4n) is 1.31. The first kappa shape index (κ1) is 11.2. The Bertz CT molecular complexity index is 488. The largest absolute Gasteiger partial charge is 0.370 e. The molecule has 5 heteroatoms. The molecule has 17 heavy (non-hydrogen) atoms. The van der Waals surface area contributed by atoms with E-state index in [1.807, 2.05) is 31.2 Å². The molecule has 5 nitrogen and oxygen atoms in total. The number of rotatable bonds is 3. The van der Waals surface area contributed by atoms with Gasteiger partial charge in [0.15, 0.2) is 5.96 Å². The highest BCUT2D eigenvalue weighted by molar-refractivity contribution is 5.92. The lowest BCUT2D eigenvalue weighted by atomic mass is 10.2. The molecule has 0 saturated carbocycles. The highest BCUT2D eigenvalue weighted by atomic mass is 16.5. The van der Waals surface area contributed by atoms with Gasteiger partial charge >= 0.3 is 0 Å². The van der Waals surface area contributed by atoms with Crippen LogP contribution in [-0.2, 0) is 6.54 Å². The fraction of sp³-hybridized carbons (Fsp3) is 0.167. The van der Waals surface area contributed by atoms with E-state index in [-0.39, 0.29) is 0 Å². The predicted molar refractivity (Wildman–Crippen MR) is 66.6 cm³/mol. The number of nitrogens with one attached hydrogen (secondary N) is 1. The second-order valence-corrected chi connectivity index (χ2v) is 3.68. The molecule has 0 spiro atoms. The van der Waals surface area contributed by atoms with Crippen LogP contribution in [0.1, 0.15) is 11.3 Å². The molecule has 2 rings (SSSR count). The van der Waals surface area contributed by atoms with Crippen LogP contribution in [0.2, 0.25) is 0 Å². The average molecular weight is 230 g/mol. The molecule has 1 heterocycles. The smallest absolute Gasteiger partial charge is 0.193 e. The van der Waals surface area contributed by atoms with Crippen molar-refractivity contribution in [1.82, 2.24) is 5.16 Å². The zero-order valence-electron chi connectivity index (χ0n) is 9.55. The summed E-state index contributed by atoms with van der Waals surface area (Å²) >= 11 is 0. The topological polar surface area (TPSA) is 76.4 Å². The maximum Gasteiger partial charge on any atom is 0.193 e. The van der Waals surface area contributed by atoms with Gasteiger partial charge in [0.05, 0.1) is 6.54 Å². The van der Waals surface area contributed by atoms with E-state index in [0.29, 0.717) is 12.5 Å². The van der Waals surface area contributed by atoms with E-state index in [0.717, 1.165) is 11.4 Å². The zero-order chi connectivity index (χ0) is 12.1. The lowest BCUT2D eigenvalue weighted by Gasteiger charge is -2.05. The summed E-state index contributed by atoms with van der Waals surface area (Å²) in [6, 6.07) is 9.67. The van der Waals surface area contributed by atoms with Crippen LogP contribution < -0.4 is 11.1 Å². The number of nitrogens with two attached hydrogens (primary N) is 1. The van der Waals surface area contributed by atoms with Crippen LogP contribution in [0.15, 0.2) is 46.1 Å². The van der Waals surface area contributed by atoms with Gasteiger partial charge in [-0.25, -0.2) is 4.99 Å². The molecule has 88 valence electrons. The first-order valence-corrected chi connectivity index (χ1v) is 5.27. The number of hydrogen-bond acceptors (Lipinski definition) is 3. The Hall–Kier alpha value is -2.30. The van der Waals surface area contributed by atoms with Gasteiger partial charge < -0.3 is 15.6 Å². The van der Waals surface area contributed by atoms with Crippen molar-refractivity contribution in [3.05, 3.63) is 47.9 Å². The summed E-state index contributed by atoms with van der Waals surface area (Å²) in [6.07, 6.45) is 1.51. The number of benzene rings is 1. The lowest BCUT2D eigenvalue weighted by Crippen LogP contribution is -2.22. The Morgan fingerprint density at radius 1 is 1.35 bits per heavy atom. The van der Waals surface area contributed by atoms with Crippen LogP contribution in [0.3, 0.4) is 0 Å². The molecule has 0 radical (unpaired) electrons. The van der Waals surface area contributed by atoms with E-state index < -0.39 is 0 Å². The lowest BCUT2D eigenvalue weighted by molar-refractivity contribution is 0.412. The highest BCUT2D eigenvalue weighted by Crippen LogP contribution is 2.08. The van der Waals surface area contributed by atoms with Gasteiger partial charge in [-0.15, -0.1) is 0 Å². The number of aliphatic imine (C=N–C) groups is 1. The van der Waals surface area contributed by atoms with E-state index in [1.54, 1.807) is 6.07 Å². The third-order valence-electron chi connectivity index (χ3n) is 2.23. The molecule has 0 bridgehead atoms. The molecule has 0 aliphatic rings. The highest BCUT2D eigenvalue weighted by Gasteiger charge is 1.97. The van der Waals surface area contributed by atoms with E-state index in [4.69, 9.17) is 10.3 Å². The first-order chi connectivity index (χ1) is 8.24. The second kappa shape index (κ2) is 5.16. The minimum Gasteiger partial charge on any atom is -0.370 e. The second-order valence-electron chi connectivity index (χ2n) is 3.68. The van der Waals surface area contributed by atoms with Crippen LogP contribution in [-0.4, -0.2) is 11.1 Å². The van der Waals surface area contributed by atoms with Gasteiger partial charge in [0.2, 0.25) is 0 Å². The van der Waals surface area contributed by atoms with Crippen molar-refractivity contribution in [2.24, 2.45) is 10.7 Å². The van der Waals surface area contributed by atoms with Gasteiger partial charge in [0, 0.05) is 11.8 Å². The van der Waals surface area contributed by atoms with Crippen LogP contribution in [0.25, 0.3) is 0 Å². The van der Waals surface area contributed by atoms with Gasteiger partial charge in [-0.1, -0.05) is 22.9 Å². The third kappa shape index (κ3) is 3.34. The summed E-state index contributed by atoms with van der Waals surface area (Å²) in [5, 5.41) is 6.74. The molecule has 1 aromatic carbocycles. The van der Waals surface area contributed by atoms with Crippen molar-refractivity contribution in [2.45, 2.75) is 13.5 Å². The molecule has 0 aliphatic heterocycles. The number of aryl methyl sites for hydroxylation is 1. The molecule has 0 unspecified atom stereocenters. The molecule has 2 aromatic rings. The van der Waals surface area contributed by atoms with Crippen molar-refractivity contribution in [2.75, 3.05) is 5.32 Å². The van der Waals surface area contributed by atoms with Gasteiger partial charge in [0.25, 0.3) is 0 Å². The summed E-state index contributed by atoms with van der Waals surface area (Å²) < 4.78 is 4.70. The minimum atomic E-state index is 0.358. The number of guanidine groups is 1. The van der Waals surface area contributed by atoms with Crippen molar-refractivity contribution in [3.8, 4) is 0 Å². The van der Waals surface area contributed by atoms with Gasteiger partial charge in [0.1, 0.15) is 12.0 Å². The predicted octanol–water partition coefficient (Wildman–Crippen LogP) is 1.91. The Morgan fingerprint density at radius 3 is 2.76 bits per heavy atom. The van der Waals surface area contributed by atoms with E-state index in [9.17, 15) is 0 Å². The molecule has 1 aromatic heterocycles. The molecule has 3 N–H and O–H groups in total. The van der Waals surface area contributed by atoms with Gasteiger partial charge in [-0.3, -0.25) is 0 Å². The maximum absolute atomic E-state index is 5.74. The summed E-state index contributed by atoms with van der Waals surface area (Å²) in [5.74, 6) is 0.358. The fourth-order valence-corrected chi connectivity index (χ4v) is 1.31. The van der Waals surface area contributed by atoms with Gasteiger partial charge in [-0.05, 0) is 19.1 Å². The standard InChI is InChI=1S/C12H14N4O/c1-9-2-4-10(5-3-9)15-12(13)14-8-11-6-7-17-16-11/h2-7H,8H2,1H3,(H3,13,14,15). The molecule has 0 fully saturated rings. The summed E-state index contributed by atoms with van der Waals surface area (Å²) in [6.45, 7) is 2.44. The number of aromatic nitrogens is 1. The maximum atomic E-state index is 5.74. The Morgan fingerprint density at radius 2 is 2.12 bits per heavy atom. The SMILES string of the molecule is Cc1ccc(NC(N)=NCc2ccon2)cc1. The molecular formula is C12H14N4O. The quantitative estimate of drug-likeness (QED) is 0.623. The number of anilines is 1. The van der Waals surface area contributed by atoms with E-state index >= 15 is 0 Å². The minimum absolute atomic E-state index is 0.358. The Labute approximate surface area is 99.3 Å². The molecule has 0 aliphatic carbocycles. The van der Waals surface area contributed by atoms with Crippen LogP contribution in [0, 0.1) is 6.92 Å². The summed E-state index contributed by atoms with van der Waals surface area (Å²) in [5.41, 5.74) is 8.61. The van der Waals surface area contributed by atoms with Crippen LogP contribution in [0.4, 0.5) is 5.69 Å². The normalized spacial score (nSPS) is 11.5. The van der Waals surface area contributed by atoms with Crippen LogP contribution in [0.5, 0.6) is 0 Å². The van der Waals surface area contributed by atoms with Crippen molar-refractivity contribution < 1.29 is 4.52 Å². The van der Waals surface area contributed by atoms with Crippen LogP contribution >= 0.6 is 0 Å². The molecule has 0 atom stereocenters. The van der Waals surface area contributed by atoms with Crippen molar-refractivity contribution in [1.29, 1.82) is 0 Å². The Kier molecular flexibility index (Phi) is 3.40. The molecule has 0 amide bonds. The average Bonchev–Trinajstić information content (AvgIpc) is 2.83. The van der Waals surface area contributed by atoms with E-state index in [1.165, 1.54) is 11.8 Å². The summed E-state index contributed by atoms with van der Waals surface area (Å²) in [7, 11) is 0. The number of hydrogen-bond donors (Lipinski definition) is 2. The van der Waals surface area contributed by atoms with Gasteiger partial charge in [-0.2, -0.15) is 0 Å². The van der Waals surface area contributed by atoms with E-state index in [2.05, 4.69) is 15.5 Å². The monoisotopic (exact) mass is 230 g/mol. The molecular weight excluding hydrogens is 216 g/mol. The van der Waals surface area contributed by atoms with Crippen molar-refractivity contribution >= 4 is 11.6 Å².